The summed E-state index contributed by atoms with van der Waals surface area (Å²) in [7, 11) is 6.24. The normalized spacial score (nSPS) is 12.0. The van der Waals surface area contributed by atoms with Crippen LogP contribution in [0.3, 0.4) is 0 Å². The third-order valence-electron chi connectivity index (χ3n) is 1.45. The second-order valence-corrected chi connectivity index (χ2v) is 3.18. The lowest BCUT2D eigenvalue weighted by molar-refractivity contribution is -0.170. The predicted octanol–water partition coefficient (Wildman–Crippen LogP) is 0.988. The summed E-state index contributed by atoms with van der Waals surface area (Å²) in [6.07, 6.45) is -0.759. The van der Waals surface area contributed by atoms with Crippen LogP contribution in [-0.2, 0) is 18.9 Å². The third-order valence-corrected chi connectivity index (χ3v) is 2.31. The van der Waals surface area contributed by atoms with E-state index < -0.39 is 0 Å². The molecule has 0 fully saturated rings. The standard InChI is InChI=1S/C7H15BrO4/c1-9-6(10-2)5(8)7(11-3)12-4/h5-7H,1-4H3. The fourth-order valence-corrected chi connectivity index (χ4v) is 1.70. The lowest BCUT2D eigenvalue weighted by atomic mass is 10.4. The summed E-state index contributed by atoms with van der Waals surface area (Å²) >= 11 is 3.35. The molecule has 0 spiro atoms. The van der Waals surface area contributed by atoms with Gasteiger partial charge in [-0.15, -0.1) is 0 Å². The molecule has 0 aromatic heterocycles. The summed E-state index contributed by atoms with van der Waals surface area (Å²) in [6, 6.07) is 0. The maximum atomic E-state index is 5.02. The van der Waals surface area contributed by atoms with Crippen LogP contribution < -0.4 is 0 Å². The Hall–Kier alpha value is 0.320. The van der Waals surface area contributed by atoms with Crippen LogP contribution >= 0.6 is 15.9 Å². The molecule has 0 rings (SSSR count). The fourth-order valence-electron chi connectivity index (χ4n) is 0.841. The van der Waals surface area contributed by atoms with Crippen molar-refractivity contribution < 1.29 is 18.9 Å². The van der Waals surface area contributed by atoms with Gasteiger partial charge in [0.2, 0.25) is 0 Å². The predicted molar refractivity (Wildman–Crippen MR) is 48.3 cm³/mol. The molecule has 0 aliphatic rings. The van der Waals surface area contributed by atoms with Crippen molar-refractivity contribution in [2.75, 3.05) is 28.4 Å². The molecule has 0 aromatic carbocycles. The molecule has 0 atom stereocenters. The van der Waals surface area contributed by atoms with E-state index in [1.54, 1.807) is 28.4 Å². The van der Waals surface area contributed by atoms with Crippen LogP contribution in [0.15, 0.2) is 0 Å². The van der Waals surface area contributed by atoms with E-state index in [0.29, 0.717) is 0 Å². The molecule has 0 aliphatic heterocycles. The van der Waals surface area contributed by atoms with Crippen molar-refractivity contribution >= 4 is 15.9 Å². The van der Waals surface area contributed by atoms with Crippen LogP contribution in [0.1, 0.15) is 0 Å². The Bertz CT molecular complexity index is 91.6. The van der Waals surface area contributed by atoms with Gasteiger partial charge >= 0.3 is 0 Å². The molecular formula is C7H15BrO4. The van der Waals surface area contributed by atoms with Crippen LogP contribution in [0.5, 0.6) is 0 Å². The van der Waals surface area contributed by atoms with Crippen molar-refractivity contribution in [3.63, 3.8) is 0 Å². The minimum atomic E-state index is -0.380. The van der Waals surface area contributed by atoms with Crippen molar-refractivity contribution in [2.45, 2.75) is 17.4 Å². The first kappa shape index (κ1) is 12.3. The molecular weight excluding hydrogens is 228 g/mol. The number of ether oxygens (including phenoxy) is 4. The summed E-state index contributed by atoms with van der Waals surface area (Å²) in [5.41, 5.74) is 0. The number of rotatable bonds is 6. The molecule has 0 saturated heterocycles. The number of methoxy groups -OCH3 is 4. The Labute approximate surface area is 81.3 Å². The molecule has 0 aromatic rings. The summed E-state index contributed by atoms with van der Waals surface area (Å²) in [4.78, 5) is -0.150. The highest BCUT2D eigenvalue weighted by atomic mass is 79.9. The quantitative estimate of drug-likeness (QED) is 0.515. The second kappa shape index (κ2) is 6.80. The van der Waals surface area contributed by atoms with Gasteiger partial charge in [-0.3, -0.25) is 0 Å². The van der Waals surface area contributed by atoms with Gasteiger partial charge in [0.25, 0.3) is 0 Å². The molecule has 0 heterocycles. The van der Waals surface area contributed by atoms with E-state index in [1.165, 1.54) is 0 Å². The number of halogens is 1. The van der Waals surface area contributed by atoms with E-state index in [-0.39, 0.29) is 17.4 Å². The lowest BCUT2D eigenvalue weighted by Gasteiger charge is -2.25. The second-order valence-electron chi connectivity index (χ2n) is 2.12. The molecule has 0 saturated carbocycles. The van der Waals surface area contributed by atoms with E-state index >= 15 is 0 Å². The first-order chi connectivity index (χ1) is 5.71. The maximum absolute atomic E-state index is 5.02. The molecule has 0 amide bonds. The van der Waals surface area contributed by atoms with Crippen LogP contribution in [-0.4, -0.2) is 45.8 Å². The third kappa shape index (κ3) is 3.37. The van der Waals surface area contributed by atoms with Crippen LogP contribution in [0, 0.1) is 0 Å². The smallest absolute Gasteiger partial charge is 0.174 e. The van der Waals surface area contributed by atoms with Gasteiger partial charge in [0.05, 0.1) is 0 Å². The van der Waals surface area contributed by atoms with Gasteiger partial charge in [0.15, 0.2) is 12.6 Å². The van der Waals surface area contributed by atoms with Gasteiger partial charge in [-0.05, 0) is 0 Å². The number of hydrogen-bond donors (Lipinski definition) is 0. The molecule has 4 nitrogen and oxygen atoms in total. The molecule has 0 aliphatic carbocycles. The van der Waals surface area contributed by atoms with Gasteiger partial charge in [0.1, 0.15) is 4.83 Å². The molecule has 0 radical (unpaired) electrons. The highest BCUT2D eigenvalue weighted by molar-refractivity contribution is 9.09. The molecule has 74 valence electrons. The number of hydrogen-bond acceptors (Lipinski definition) is 4. The van der Waals surface area contributed by atoms with Crippen LogP contribution in [0.2, 0.25) is 0 Å². The van der Waals surface area contributed by atoms with E-state index in [1.807, 2.05) is 0 Å². The highest BCUT2D eigenvalue weighted by Crippen LogP contribution is 2.16. The Morgan fingerprint density at radius 2 is 1.00 bits per heavy atom. The van der Waals surface area contributed by atoms with Crippen molar-refractivity contribution in [2.24, 2.45) is 0 Å². The van der Waals surface area contributed by atoms with E-state index in [9.17, 15) is 0 Å². The minimum Gasteiger partial charge on any atom is -0.355 e. The largest absolute Gasteiger partial charge is 0.355 e. The topological polar surface area (TPSA) is 36.9 Å². The zero-order chi connectivity index (χ0) is 9.56. The van der Waals surface area contributed by atoms with E-state index in [0.717, 1.165) is 0 Å². The Morgan fingerprint density at radius 1 is 0.750 bits per heavy atom. The fraction of sp³-hybridized carbons (Fsp3) is 1.00. The highest BCUT2D eigenvalue weighted by Gasteiger charge is 2.27. The zero-order valence-corrected chi connectivity index (χ0v) is 9.33. The molecule has 0 N–H and O–H groups in total. The molecule has 12 heavy (non-hydrogen) atoms. The number of alkyl halides is 1. The Kier molecular flexibility index (Phi) is 6.98. The van der Waals surface area contributed by atoms with Crippen molar-refractivity contribution in [3.8, 4) is 0 Å². The van der Waals surface area contributed by atoms with Gasteiger partial charge in [0, 0.05) is 28.4 Å². The first-order valence-electron chi connectivity index (χ1n) is 3.46. The Morgan fingerprint density at radius 3 is 1.17 bits per heavy atom. The summed E-state index contributed by atoms with van der Waals surface area (Å²) < 4.78 is 20.1. The van der Waals surface area contributed by atoms with Gasteiger partial charge in [-0.25, -0.2) is 0 Å². The van der Waals surface area contributed by atoms with Crippen molar-refractivity contribution in [3.05, 3.63) is 0 Å². The molecule has 5 heteroatoms. The summed E-state index contributed by atoms with van der Waals surface area (Å²) in [6.45, 7) is 0. The molecule has 0 unspecified atom stereocenters. The lowest BCUT2D eigenvalue weighted by Crippen LogP contribution is -2.37. The van der Waals surface area contributed by atoms with Crippen LogP contribution in [0.4, 0.5) is 0 Å². The average molecular weight is 243 g/mol. The molecule has 0 bridgehead atoms. The van der Waals surface area contributed by atoms with Crippen molar-refractivity contribution in [1.29, 1.82) is 0 Å². The van der Waals surface area contributed by atoms with Gasteiger partial charge in [-0.1, -0.05) is 15.9 Å². The Balaban J connectivity index is 4.02. The average Bonchev–Trinajstić information content (AvgIpc) is 2.09. The summed E-state index contributed by atoms with van der Waals surface area (Å²) in [5, 5.41) is 0. The van der Waals surface area contributed by atoms with Crippen molar-refractivity contribution in [1.82, 2.24) is 0 Å². The van der Waals surface area contributed by atoms with Crippen LogP contribution in [0.25, 0.3) is 0 Å². The summed E-state index contributed by atoms with van der Waals surface area (Å²) in [5.74, 6) is 0. The van der Waals surface area contributed by atoms with Gasteiger partial charge < -0.3 is 18.9 Å². The zero-order valence-electron chi connectivity index (χ0n) is 7.74. The maximum Gasteiger partial charge on any atom is 0.174 e. The first-order valence-corrected chi connectivity index (χ1v) is 4.38. The van der Waals surface area contributed by atoms with E-state index in [4.69, 9.17) is 18.9 Å². The van der Waals surface area contributed by atoms with Gasteiger partial charge in [-0.2, -0.15) is 0 Å². The SMILES string of the molecule is COC(OC)C(Br)C(OC)OC. The monoisotopic (exact) mass is 242 g/mol. The van der Waals surface area contributed by atoms with E-state index in [2.05, 4.69) is 15.9 Å². The minimum absolute atomic E-state index is 0.150.